The molecular formula is C16H18ClNOS. The van der Waals surface area contributed by atoms with E-state index in [4.69, 9.17) is 22.1 Å². The summed E-state index contributed by atoms with van der Waals surface area (Å²) in [7, 11) is 1.66. The van der Waals surface area contributed by atoms with Gasteiger partial charge in [-0.25, -0.2) is 0 Å². The largest absolute Gasteiger partial charge is 0.497 e. The van der Waals surface area contributed by atoms with E-state index >= 15 is 0 Å². The first kappa shape index (κ1) is 15.2. The highest BCUT2D eigenvalue weighted by Gasteiger charge is 2.16. The van der Waals surface area contributed by atoms with Crippen molar-refractivity contribution >= 4 is 23.4 Å². The molecule has 0 aromatic heterocycles. The van der Waals surface area contributed by atoms with E-state index < -0.39 is 0 Å². The molecule has 0 aliphatic heterocycles. The summed E-state index contributed by atoms with van der Waals surface area (Å²) in [6.07, 6.45) is 0. The van der Waals surface area contributed by atoms with Gasteiger partial charge in [-0.3, -0.25) is 0 Å². The summed E-state index contributed by atoms with van der Waals surface area (Å²) in [5.74, 6) is 0.844. The Morgan fingerprint density at radius 3 is 2.45 bits per heavy atom. The summed E-state index contributed by atoms with van der Waals surface area (Å²) in [6, 6.07) is 15.7. The van der Waals surface area contributed by atoms with E-state index in [-0.39, 0.29) is 11.3 Å². The van der Waals surface area contributed by atoms with Crippen molar-refractivity contribution in [1.29, 1.82) is 0 Å². The lowest BCUT2D eigenvalue weighted by Crippen LogP contribution is -2.20. The summed E-state index contributed by atoms with van der Waals surface area (Å²) in [4.78, 5) is 1.13. The van der Waals surface area contributed by atoms with Crippen LogP contribution in [0.4, 0.5) is 0 Å². The maximum Gasteiger partial charge on any atom is 0.118 e. The molecule has 0 bridgehead atoms. The second-order valence-electron chi connectivity index (χ2n) is 4.58. The molecule has 106 valence electrons. The summed E-state index contributed by atoms with van der Waals surface area (Å²) in [6.45, 7) is 2.13. The van der Waals surface area contributed by atoms with Gasteiger partial charge in [-0.2, -0.15) is 0 Å². The van der Waals surface area contributed by atoms with Crippen LogP contribution < -0.4 is 10.5 Å². The first-order valence-electron chi connectivity index (χ1n) is 6.42. The molecule has 0 fully saturated rings. The Balaban J connectivity index is 2.05. The van der Waals surface area contributed by atoms with Crippen molar-refractivity contribution in [1.82, 2.24) is 0 Å². The number of benzene rings is 2. The fourth-order valence-electron chi connectivity index (χ4n) is 1.93. The van der Waals surface area contributed by atoms with Gasteiger partial charge < -0.3 is 10.5 Å². The third-order valence-electron chi connectivity index (χ3n) is 3.12. The van der Waals surface area contributed by atoms with Crippen LogP contribution in [0.25, 0.3) is 0 Å². The Bertz CT molecular complexity index is 559. The minimum Gasteiger partial charge on any atom is -0.497 e. The molecule has 2 unspecified atom stereocenters. The molecule has 4 heteroatoms. The van der Waals surface area contributed by atoms with Gasteiger partial charge in [0.05, 0.1) is 7.11 Å². The average Bonchev–Trinajstić information content (AvgIpc) is 2.46. The van der Waals surface area contributed by atoms with E-state index in [0.29, 0.717) is 0 Å². The van der Waals surface area contributed by atoms with Gasteiger partial charge in [0.25, 0.3) is 0 Å². The average molecular weight is 308 g/mol. The van der Waals surface area contributed by atoms with Gasteiger partial charge >= 0.3 is 0 Å². The molecule has 0 amide bonds. The molecule has 2 rings (SSSR count). The quantitative estimate of drug-likeness (QED) is 0.824. The molecule has 0 saturated heterocycles. The molecule has 2 atom stereocenters. The normalized spacial score (nSPS) is 13.8. The highest BCUT2D eigenvalue weighted by Crippen LogP contribution is 2.32. The molecule has 2 aromatic carbocycles. The Morgan fingerprint density at radius 1 is 1.15 bits per heavy atom. The van der Waals surface area contributed by atoms with Gasteiger partial charge in [0, 0.05) is 21.2 Å². The monoisotopic (exact) mass is 307 g/mol. The standard InChI is InChI=1S/C16H18ClNOS/c1-11(20-15-5-3-4-13(17)10-15)16(18)12-6-8-14(19-2)9-7-12/h3-11,16H,18H2,1-2H3. The van der Waals surface area contributed by atoms with E-state index in [0.717, 1.165) is 21.2 Å². The maximum absolute atomic E-state index is 6.32. The Morgan fingerprint density at radius 2 is 1.85 bits per heavy atom. The van der Waals surface area contributed by atoms with Crippen molar-refractivity contribution in [2.45, 2.75) is 23.1 Å². The predicted octanol–water partition coefficient (Wildman–Crippen LogP) is 4.53. The van der Waals surface area contributed by atoms with Crippen molar-refractivity contribution in [3.63, 3.8) is 0 Å². The van der Waals surface area contributed by atoms with Crippen molar-refractivity contribution in [3.8, 4) is 5.75 Å². The zero-order valence-electron chi connectivity index (χ0n) is 11.5. The summed E-state index contributed by atoms with van der Waals surface area (Å²) < 4.78 is 5.16. The molecule has 2 aromatic rings. The van der Waals surface area contributed by atoms with Gasteiger partial charge in [-0.15, -0.1) is 11.8 Å². The van der Waals surface area contributed by atoms with Crippen LogP contribution in [0, 0.1) is 0 Å². The van der Waals surface area contributed by atoms with Crippen LogP contribution in [0.1, 0.15) is 18.5 Å². The molecule has 0 aliphatic carbocycles. The number of rotatable bonds is 5. The third-order valence-corrected chi connectivity index (χ3v) is 4.55. The Labute approximate surface area is 129 Å². The Kier molecular flexibility index (Phi) is 5.35. The number of hydrogen-bond donors (Lipinski definition) is 1. The lowest BCUT2D eigenvalue weighted by atomic mass is 10.1. The molecular weight excluding hydrogens is 290 g/mol. The number of nitrogens with two attached hydrogens (primary N) is 1. The molecule has 0 heterocycles. The number of thioether (sulfide) groups is 1. The molecule has 20 heavy (non-hydrogen) atoms. The number of halogens is 1. The lowest BCUT2D eigenvalue weighted by molar-refractivity contribution is 0.414. The predicted molar refractivity (Wildman–Crippen MR) is 86.7 cm³/mol. The van der Waals surface area contributed by atoms with Crippen LogP contribution in [-0.4, -0.2) is 12.4 Å². The highest BCUT2D eigenvalue weighted by molar-refractivity contribution is 8.00. The smallest absolute Gasteiger partial charge is 0.118 e. The van der Waals surface area contributed by atoms with Crippen molar-refractivity contribution in [2.75, 3.05) is 7.11 Å². The Hall–Kier alpha value is -1.16. The minimum absolute atomic E-state index is 0.0371. The third kappa shape index (κ3) is 3.92. The van der Waals surface area contributed by atoms with Gasteiger partial charge in [0.15, 0.2) is 0 Å². The highest BCUT2D eigenvalue weighted by atomic mass is 35.5. The molecule has 2 N–H and O–H groups in total. The van der Waals surface area contributed by atoms with Gasteiger partial charge in [0.2, 0.25) is 0 Å². The van der Waals surface area contributed by atoms with Gasteiger partial charge in [0.1, 0.15) is 5.75 Å². The zero-order chi connectivity index (χ0) is 14.5. The number of ether oxygens (including phenoxy) is 1. The van der Waals surface area contributed by atoms with Crippen LogP contribution in [-0.2, 0) is 0 Å². The molecule has 2 nitrogen and oxygen atoms in total. The van der Waals surface area contributed by atoms with Crippen LogP contribution >= 0.6 is 23.4 Å². The molecule has 0 aliphatic rings. The fourth-order valence-corrected chi connectivity index (χ4v) is 3.27. The lowest BCUT2D eigenvalue weighted by Gasteiger charge is -2.20. The second kappa shape index (κ2) is 7.02. The van der Waals surface area contributed by atoms with Crippen LogP contribution in [0.2, 0.25) is 5.02 Å². The van der Waals surface area contributed by atoms with E-state index in [1.807, 2.05) is 48.5 Å². The van der Waals surface area contributed by atoms with E-state index in [1.165, 1.54) is 0 Å². The minimum atomic E-state index is -0.0371. The second-order valence-corrected chi connectivity index (χ2v) is 6.47. The van der Waals surface area contributed by atoms with Crippen molar-refractivity contribution in [3.05, 3.63) is 59.1 Å². The fraction of sp³-hybridized carbons (Fsp3) is 0.250. The summed E-state index contributed by atoms with van der Waals surface area (Å²) in [5.41, 5.74) is 7.43. The SMILES string of the molecule is COc1ccc(C(N)C(C)Sc2cccc(Cl)c2)cc1. The van der Waals surface area contributed by atoms with Crippen LogP contribution in [0.15, 0.2) is 53.4 Å². The zero-order valence-corrected chi connectivity index (χ0v) is 13.1. The van der Waals surface area contributed by atoms with Crippen LogP contribution in [0.3, 0.4) is 0 Å². The first-order valence-corrected chi connectivity index (χ1v) is 7.67. The summed E-state index contributed by atoms with van der Waals surface area (Å²) >= 11 is 7.73. The number of hydrogen-bond acceptors (Lipinski definition) is 3. The van der Waals surface area contributed by atoms with Crippen molar-refractivity contribution in [2.24, 2.45) is 5.73 Å². The summed E-state index contributed by atoms with van der Waals surface area (Å²) in [5, 5.41) is 1.00. The van der Waals surface area contributed by atoms with E-state index in [9.17, 15) is 0 Å². The molecule has 0 radical (unpaired) electrons. The van der Waals surface area contributed by atoms with E-state index in [1.54, 1.807) is 18.9 Å². The molecule has 0 saturated carbocycles. The van der Waals surface area contributed by atoms with Gasteiger partial charge in [-0.1, -0.05) is 36.7 Å². The van der Waals surface area contributed by atoms with Crippen molar-refractivity contribution < 1.29 is 4.74 Å². The maximum atomic E-state index is 6.32. The van der Waals surface area contributed by atoms with E-state index in [2.05, 4.69) is 6.92 Å². The van der Waals surface area contributed by atoms with Gasteiger partial charge in [-0.05, 0) is 35.9 Å². The topological polar surface area (TPSA) is 35.2 Å². The first-order chi connectivity index (χ1) is 9.60. The number of methoxy groups -OCH3 is 1. The molecule has 0 spiro atoms. The van der Waals surface area contributed by atoms with Crippen LogP contribution in [0.5, 0.6) is 5.75 Å².